The van der Waals surface area contributed by atoms with Gasteiger partial charge in [0.25, 0.3) is 5.91 Å². The van der Waals surface area contributed by atoms with Gasteiger partial charge in [-0.05, 0) is 56.9 Å². The smallest absolute Gasteiger partial charge is 0.433 e. The fourth-order valence-electron chi connectivity index (χ4n) is 4.64. The number of halogens is 3. The number of carbonyl (C=O) groups is 2. The molecule has 3 aromatic rings. The van der Waals surface area contributed by atoms with Crippen LogP contribution in [-0.4, -0.2) is 52.4 Å². The van der Waals surface area contributed by atoms with Crippen molar-refractivity contribution >= 4 is 22.7 Å². The van der Waals surface area contributed by atoms with Crippen LogP contribution < -0.4 is 15.8 Å². The van der Waals surface area contributed by atoms with E-state index in [4.69, 9.17) is 14.9 Å². The first-order chi connectivity index (χ1) is 17.5. The normalized spacial score (nSPS) is 17.6. The third-order valence-electron chi connectivity index (χ3n) is 6.96. The van der Waals surface area contributed by atoms with Gasteiger partial charge in [-0.15, -0.1) is 0 Å². The average molecular weight is 518 g/mol. The van der Waals surface area contributed by atoms with E-state index in [-0.39, 0.29) is 34.5 Å². The standard InChI is InChI=1S/C25H26F3N5O4/c1-13(29)20-19(21(34)32-24(9-3-10-24)23(35)33-11-4-12-33)31-22(37-20)15-5-7-16(36-2)18-14(15)6-8-17(30-18)25(26,27)28/h5-8,13H,3-4,9-12,29H2,1-2H3,(H,32,34)/t13-/m0/s1. The molecular weight excluding hydrogens is 491 g/mol. The Labute approximate surface area is 210 Å². The molecule has 196 valence electrons. The number of fused-ring (bicyclic) bond motifs is 1. The molecule has 1 aromatic carbocycles. The number of oxazole rings is 1. The second-order valence-electron chi connectivity index (χ2n) is 9.46. The van der Waals surface area contributed by atoms with Crippen LogP contribution in [0.1, 0.15) is 60.6 Å². The number of likely N-dealkylation sites (tertiary alicyclic amines) is 1. The van der Waals surface area contributed by atoms with Crippen LogP contribution in [0.3, 0.4) is 0 Å². The zero-order valence-corrected chi connectivity index (χ0v) is 20.3. The number of hydrogen-bond acceptors (Lipinski definition) is 7. The minimum atomic E-state index is -4.64. The maximum absolute atomic E-state index is 13.4. The number of amides is 2. The van der Waals surface area contributed by atoms with E-state index < -0.39 is 29.4 Å². The number of benzene rings is 1. The summed E-state index contributed by atoms with van der Waals surface area (Å²) in [7, 11) is 1.33. The van der Waals surface area contributed by atoms with Crippen LogP contribution in [0, 0.1) is 0 Å². The highest BCUT2D eigenvalue weighted by molar-refractivity contribution is 6.01. The summed E-state index contributed by atoms with van der Waals surface area (Å²) in [5, 5.41) is 3.16. The second kappa shape index (κ2) is 9.02. The molecule has 9 nitrogen and oxygen atoms in total. The Morgan fingerprint density at radius 3 is 2.43 bits per heavy atom. The quantitative estimate of drug-likeness (QED) is 0.510. The van der Waals surface area contributed by atoms with Crippen LogP contribution in [0.25, 0.3) is 22.4 Å². The first-order valence-corrected chi connectivity index (χ1v) is 12.0. The minimum absolute atomic E-state index is 0.0107. The Balaban J connectivity index is 1.54. The van der Waals surface area contributed by atoms with Gasteiger partial charge in [-0.3, -0.25) is 9.59 Å². The molecule has 12 heteroatoms. The molecule has 3 heterocycles. The summed E-state index contributed by atoms with van der Waals surface area (Å²) in [6, 6.07) is 4.42. The lowest BCUT2D eigenvalue weighted by Crippen LogP contribution is -2.65. The lowest BCUT2D eigenvalue weighted by Gasteiger charge is -2.46. The predicted octanol–water partition coefficient (Wildman–Crippen LogP) is 3.82. The van der Waals surface area contributed by atoms with Crippen LogP contribution in [-0.2, 0) is 11.0 Å². The van der Waals surface area contributed by atoms with Gasteiger partial charge in [0, 0.05) is 24.0 Å². The van der Waals surface area contributed by atoms with E-state index in [9.17, 15) is 22.8 Å². The first-order valence-electron chi connectivity index (χ1n) is 12.0. The number of ether oxygens (including phenoxy) is 1. The summed E-state index contributed by atoms with van der Waals surface area (Å²) in [6.07, 6.45) is -1.83. The topological polar surface area (TPSA) is 124 Å². The summed E-state index contributed by atoms with van der Waals surface area (Å²) >= 11 is 0. The van der Waals surface area contributed by atoms with Crippen molar-refractivity contribution in [2.75, 3.05) is 20.2 Å². The van der Waals surface area contributed by atoms with Crippen LogP contribution in [0.4, 0.5) is 13.2 Å². The predicted molar refractivity (Wildman–Crippen MR) is 127 cm³/mol. The third kappa shape index (κ3) is 4.28. The summed E-state index contributed by atoms with van der Waals surface area (Å²) in [6.45, 7) is 2.96. The summed E-state index contributed by atoms with van der Waals surface area (Å²) < 4.78 is 51.0. The van der Waals surface area contributed by atoms with Crippen molar-refractivity contribution in [3.63, 3.8) is 0 Å². The Morgan fingerprint density at radius 1 is 1.16 bits per heavy atom. The molecule has 1 saturated heterocycles. The Bertz CT molecular complexity index is 1380. The number of nitrogens with zero attached hydrogens (tertiary/aromatic N) is 3. The molecule has 1 saturated carbocycles. The maximum Gasteiger partial charge on any atom is 0.433 e. The molecule has 2 fully saturated rings. The van der Waals surface area contributed by atoms with E-state index in [0.29, 0.717) is 36.9 Å². The molecule has 3 N–H and O–H groups in total. The van der Waals surface area contributed by atoms with Gasteiger partial charge in [-0.1, -0.05) is 0 Å². The highest BCUT2D eigenvalue weighted by Gasteiger charge is 2.49. The number of hydrogen-bond donors (Lipinski definition) is 2. The van der Waals surface area contributed by atoms with Crippen molar-refractivity contribution in [1.82, 2.24) is 20.2 Å². The number of carbonyl (C=O) groups excluding carboxylic acids is 2. The molecule has 2 aliphatic rings. The van der Waals surface area contributed by atoms with E-state index in [1.807, 2.05) is 0 Å². The molecule has 5 rings (SSSR count). The number of pyridine rings is 1. The van der Waals surface area contributed by atoms with Gasteiger partial charge in [0.1, 0.15) is 22.5 Å². The van der Waals surface area contributed by atoms with Crippen molar-refractivity contribution in [3.8, 4) is 17.2 Å². The third-order valence-corrected chi connectivity index (χ3v) is 6.96. The highest BCUT2D eigenvalue weighted by atomic mass is 19.4. The number of alkyl halides is 3. The lowest BCUT2D eigenvalue weighted by atomic mass is 9.75. The van der Waals surface area contributed by atoms with Crippen LogP contribution in [0.2, 0.25) is 0 Å². The summed E-state index contributed by atoms with van der Waals surface area (Å²) in [4.78, 5) is 36.2. The second-order valence-corrected chi connectivity index (χ2v) is 9.46. The van der Waals surface area contributed by atoms with E-state index in [1.54, 1.807) is 17.9 Å². The summed E-state index contributed by atoms with van der Waals surface area (Å²) in [5.74, 6) is -0.466. The monoisotopic (exact) mass is 517 g/mol. The molecule has 0 bridgehead atoms. The summed E-state index contributed by atoms with van der Waals surface area (Å²) in [5.41, 5.74) is 4.23. The van der Waals surface area contributed by atoms with Crippen molar-refractivity contribution in [1.29, 1.82) is 0 Å². The van der Waals surface area contributed by atoms with Gasteiger partial charge in [-0.2, -0.15) is 13.2 Å². The van der Waals surface area contributed by atoms with Gasteiger partial charge in [0.2, 0.25) is 11.8 Å². The van der Waals surface area contributed by atoms with Crippen molar-refractivity contribution in [3.05, 3.63) is 41.4 Å². The lowest BCUT2D eigenvalue weighted by molar-refractivity contribution is -0.145. The van der Waals surface area contributed by atoms with Gasteiger partial charge in [-0.25, -0.2) is 9.97 Å². The fourth-order valence-corrected chi connectivity index (χ4v) is 4.64. The molecule has 37 heavy (non-hydrogen) atoms. The molecule has 0 unspecified atom stereocenters. The zero-order chi connectivity index (χ0) is 26.5. The highest BCUT2D eigenvalue weighted by Crippen LogP contribution is 2.38. The molecule has 2 aromatic heterocycles. The zero-order valence-electron chi connectivity index (χ0n) is 20.3. The molecule has 0 spiro atoms. The van der Waals surface area contributed by atoms with Crippen LogP contribution >= 0.6 is 0 Å². The number of aromatic nitrogens is 2. The molecule has 0 radical (unpaired) electrons. The molecule has 1 aliphatic heterocycles. The van der Waals surface area contributed by atoms with Gasteiger partial charge < -0.3 is 25.1 Å². The molecular formula is C25H26F3N5O4. The fraction of sp³-hybridized carbons (Fsp3) is 0.440. The van der Waals surface area contributed by atoms with E-state index in [2.05, 4.69) is 15.3 Å². The van der Waals surface area contributed by atoms with Crippen molar-refractivity contribution in [2.24, 2.45) is 5.73 Å². The van der Waals surface area contributed by atoms with E-state index >= 15 is 0 Å². The number of nitrogens with two attached hydrogens (primary N) is 1. The van der Waals surface area contributed by atoms with Gasteiger partial charge in [0.15, 0.2) is 11.5 Å². The van der Waals surface area contributed by atoms with E-state index in [1.165, 1.54) is 19.2 Å². The largest absolute Gasteiger partial charge is 0.494 e. The molecule has 2 amide bonds. The molecule has 1 atom stereocenters. The number of nitrogens with one attached hydrogen (secondary N) is 1. The Morgan fingerprint density at radius 2 is 1.89 bits per heavy atom. The Hall–Kier alpha value is -3.67. The van der Waals surface area contributed by atoms with Crippen molar-refractivity contribution in [2.45, 2.75) is 50.4 Å². The number of methoxy groups -OCH3 is 1. The minimum Gasteiger partial charge on any atom is -0.494 e. The first kappa shape index (κ1) is 25.0. The van der Waals surface area contributed by atoms with Gasteiger partial charge in [0.05, 0.1) is 13.2 Å². The number of rotatable bonds is 6. The van der Waals surface area contributed by atoms with Crippen LogP contribution in [0.15, 0.2) is 28.7 Å². The Kier molecular flexibility index (Phi) is 6.09. The van der Waals surface area contributed by atoms with Gasteiger partial charge >= 0.3 is 6.18 Å². The van der Waals surface area contributed by atoms with Crippen LogP contribution in [0.5, 0.6) is 5.75 Å². The SMILES string of the molecule is COc1ccc(-c2nc(C(=O)NC3(C(=O)N4CCC4)CCC3)c([C@H](C)N)o2)c2ccc(C(F)(F)F)nc12. The van der Waals surface area contributed by atoms with E-state index in [0.717, 1.165) is 18.9 Å². The van der Waals surface area contributed by atoms with Crippen molar-refractivity contribution < 1.29 is 31.9 Å². The average Bonchev–Trinajstić information content (AvgIpc) is 3.24. The molecule has 1 aliphatic carbocycles. The maximum atomic E-state index is 13.4.